The van der Waals surface area contributed by atoms with Crippen molar-refractivity contribution in [2.45, 2.75) is 44.6 Å². The van der Waals surface area contributed by atoms with Gasteiger partial charge in [-0.1, -0.05) is 30.3 Å². The molecule has 1 atom stereocenters. The van der Waals surface area contributed by atoms with Gasteiger partial charge in [-0.05, 0) is 44.3 Å². The van der Waals surface area contributed by atoms with Crippen LogP contribution in [-0.4, -0.2) is 49.6 Å². The van der Waals surface area contributed by atoms with Gasteiger partial charge in [-0.15, -0.1) is 0 Å². The number of carbonyl (C=O) groups excluding carboxylic acids is 2. The third-order valence-electron chi connectivity index (χ3n) is 4.44. The molecule has 1 aliphatic rings. The average Bonchev–Trinajstić information content (AvgIpc) is 2.61. The monoisotopic (exact) mass is 332 g/mol. The summed E-state index contributed by atoms with van der Waals surface area (Å²) in [6.07, 6.45) is 4.69. The van der Waals surface area contributed by atoms with Crippen molar-refractivity contribution in [3.63, 3.8) is 0 Å². The van der Waals surface area contributed by atoms with E-state index in [-0.39, 0.29) is 30.8 Å². The Morgan fingerprint density at radius 1 is 1.25 bits per heavy atom. The lowest BCUT2D eigenvalue weighted by Gasteiger charge is -2.33. The van der Waals surface area contributed by atoms with Crippen molar-refractivity contribution < 1.29 is 14.3 Å². The van der Waals surface area contributed by atoms with Crippen LogP contribution in [0.25, 0.3) is 0 Å². The average molecular weight is 332 g/mol. The Kier molecular flexibility index (Phi) is 7.75. The number of benzene rings is 1. The molecule has 1 fully saturated rings. The standard InChI is InChI=1S/C19H28N2O3/c1-24-19(23)12-11-18(22)20-17-10-6-14-21(15-17)13-5-9-16-7-3-2-4-8-16/h2-4,7-8,17H,5-6,9-15H2,1H3,(H,20,22). The van der Waals surface area contributed by atoms with Crippen LogP contribution >= 0.6 is 0 Å². The smallest absolute Gasteiger partial charge is 0.306 e. The van der Waals surface area contributed by atoms with Crippen LogP contribution in [0, 0.1) is 0 Å². The Labute approximate surface area is 144 Å². The Balaban J connectivity index is 1.65. The van der Waals surface area contributed by atoms with Crippen LogP contribution in [0.5, 0.6) is 0 Å². The number of hydrogen-bond acceptors (Lipinski definition) is 4. The minimum Gasteiger partial charge on any atom is -0.469 e. The number of aryl methyl sites for hydroxylation is 1. The summed E-state index contributed by atoms with van der Waals surface area (Å²) in [5.41, 5.74) is 1.38. The number of methoxy groups -OCH3 is 1. The number of carbonyl (C=O) groups is 2. The van der Waals surface area contributed by atoms with E-state index in [1.54, 1.807) is 0 Å². The summed E-state index contributed by atoms with van der Waals surface area (Å²) in [7, 11) is 1.34. The minimum atomic E-state index is -0.337. The molecule has 0 saturated carbocycles. The van der Waals surface area contributed by atoms with Crippen molar-refractivity contribution in [2.75, 3.05) is 26.7 Å². The van der Waals surface area contributed by atoms with E-state index in [1.807, 2.05) is 6.07 Å². The molecule has 1 N–H and O–H groups in total. The topological polar surface area (TPSA) is 58.6 Å². The van der Waals surface area contributed by atoms with Gasteiger partial charge < -0.3 is 15.0 Å². The normalized spacial score (nSPS) is 18.1. The fourth-order valence-electron chi connectivity index (χ4n) is 3.15. The zero-order chi connectivity index (χ0) is 17.2. The van der Waals surface area contributed by atoms with Gasteiger partial charge in [-0.25, -0.2) is 0 Å². The molecule has 0 radical (unpaired) electrons. The van der Waals surface area contributed by atoms with Gasteiger partial charge in [-0.2, -0.15) is 0 Å². The zero-order valence-corrected chi connectivity index (χ0v) is 14.5. The van der Waals surface area contributed by atoms with Crippen molar-refractivity contribution in [3.05, 3.63) is 35.9 Å². The number of amides is 1. The largest absolute Gasteiger partial charge is 0.469 e. The third-order valence-corrected chi connectivity index (χ3v) is 4.44. The van der Waals surface area contributed by atoms with Crippen LogP contribution in [0.2, 0.25) is 0 Å². The molecule has 1 heterocycles. The van der Waals surface area contributed by atoms with Crippen molar-refractivity contribution in [3.8, 4) is 0 Å². The van der Waals surface area contributed by atoms with E-state index < -0.39 is 0 Å². The molecule has 1 amide bonds. The molecule has 1 aromatic rings. The maximum absolute atomic E-state index is 11.9. The number of hydrogen-bond donors (Lipinski definition) is 1. The molecule has 2 rings (SSSR count). The Hall–Kier alpha value is -1.88. The van der Waals surface area contributed by atoms with Crippen molar-refractivity contribution in [1.82, 2.24) is 10.2 Å². The van der Waals surface area contributed by atoms with E-state index in [2.05, 4.69) is 39.2 Å². The van der Waals surface area contributed by atoms with E-state index in [9.17, 15) is 9.59 Å². The molecule has 5 nitrogen and oxygen atoms in total. The highest BCUT2D eigenvalue weighted by atomic mass is 16.5. The number of nitrogens with zero attached hydrogens (tertiary/aromatic N) is 1. The molecule has 1 aliphatic heterocycles. The molecule has 1 aromatic carbocycles. The van der Waals surface area contributed by atoms with E-state index in [4.69, 9.17) is 0 Å². The quantitative estimate of drug-likeness (QED) is 0.741. The summed E-state index contributed by atoms with van der Waals surface area (Å²) in [6.45, 7) is 3.06. The number of rotatable bonds is 8. The SMILES string of the molecule is COC(=O)CCC(=O)NC1CCCN(CCCc2ccccc2)C1. The maximum atomic E-state index is 11.9. The van der Waals surface area contributed by atoms with Crippen LogP contribution in [0.3, 0.4) is 0 Å². The summed E-state index contributed by atoms with van der Waals surface area (Å²) >= 11 is 0. The molecule has 24 heavy (non-hydrogen) atoms. The molecule has 0 bridgehead atoms. The lowest BCUT2D eigenvalue weighted by atomic mass is 10.0. The van der Waals surface area contributed by atoms with E-state index in [1.165, 1.54) is 12.7 Å². The highest BCUT2D eigenvalue weighted by molar-refractivity contribution is 5.81. The van der Waals surface area contributed by atoms with Gasteiger partial charge in [0.15, 0.2) is 0 Å². The number of likely N-dealkylation sites (tertiary alicyclic amines) is 1. The van der Waals surface area contributed by atoms with Gasteiger partial charge in [-0.3, -0.25) is 9.59 Å². The molecule has 1 unspecified atom stereocenters. The number of nitrogens with one attached hydrogen (secondary N) is 1. The zero-order valence-electron chi connectivity index (χ0n) is 14.5. The lowest BCUT2D eigenvalue weighted by Crippen LogP contribution is -2.48. The highest BCUT2D eigenvalue weighted by Crippen LogP contribution is 2.12. The first-order valence-electron chi connectivity index (χ1n) is 8.80. The van der Waals surface area contributed by atoms with Crippen molar-refractivity contribution in [1.29, 1.82) is 0 Å². The fraction of sp³-hybridized carbons (Fsp3) is 0.579. The second kappa shape index (κ2) is 10.1. The minimum absolute atomic E-state index is 0.0588. The van der Waals surface area contributed by atoms with Gasteiger partial charge in [0.2, 0.25) is 5.91 Å². The summed E-state index contributed by atoms with van der Waals surface area (Å²) in [4.78, 5) is 25.4. The molecule has 1 saturated heterocycles. The first-order valence-corrected chi connectivity index (χ1v) is 8.80. The molecule has 0 aromatic heterocycles. The summed E-state index contributed by atoms with van der Waals surface area (Å²) in [5, 5.41) is 3.05. The first kappa shape index (κ1) is 18.5. The van der Waals surface area contributed by atoms with Crippen molar-refractivity contribution >= 4 is 11.9 Å². The van der Waals surface area contributed by atoms with Crippen LogP contribution < -0.4 is 5.32 Å². The molecule has 132 valence electrons. The number of ether oxygens (including phenoxy) is 1. The second-order valence-corrected chi connectivity index (χ2v) is 6.37. The predicted octanol–water partition coefficient (Wildman–Crippen LogP) is 2.15. The number of piperidine rings is 1. The van der Waals surface area contributed by atoms with Gasteiger partial charge in [0.25, 0.3) is 0 Å². The van der Waals surface area contributed by atoms with Gasteiger partial charge in [0.05, 0.1) is 13.5 Å². The van der Waals surface area contributed by atoms with Gasteiger partial charge in [0.1, 0.15) is 0 Å². The summed E-state index contributed by atoms with van der Waals surface area (Å²) in [5.74, 6) is -0.395. The molecule has 5 heteroatoms. The van der Waals surface area contributed by atoms with E-state index in [0.717, 1.165) is 45.3 Å². The van der Waals surface area contributed by atoms with Crippen LogP contribution in [0.15, 0.2) is 30.3 Å². The lowest BCUT2D eigenvalue weighted by molar-refractivity contribution is -0.142. The predicted molar refractivity (Wildman–Crippen MR) is 93.6 cm³/mol. The summed E-state index contributed by atoms with van der Waals surface area (Å²) in [6, 6.07) is 10.7. The van der Waals surface area contributed by atoms with Crippen LogP contribution in [0.4, 0.5) is 0 Å². The first-order chi connectivity index (χ1) is 11.7. The molecule has 0 spiro atoms. The van der Waals surface area contributed by atoms with E-state index in [0.29, 0.717) is 0 Å². The second-order valence-electron chi connectivity index (χ2n) is 6.37. The molecular weight excluding hydrogens is 304 g/mol. The van der Waals surface area contributed by atoms with Gasteiger partial charge in [0, 0.05) is 19.0 Å². The third kappa shape index (κ3) is 6.71. The van der Waals surface area contributed by atoms with Crippen LogP contribution in [-0.2, 0) is 20.7 Å². The fourth-order valence-corrected chi connectivity index (χ4v) is 3.15. The Bertz CT molecular complexity index is 519. The summed E-state index contributed by atoms with van der Waals surface area (Å²) < 4.78 is 4.56. The van der Waals surface area contributed by atoms with E-state index >= 15 is 0 Å². The molecule has 0 aliphatic carbocycles. The Morgan fingerprint density at radius 3 is 2.79 bits per heavy atom. The molecular formula is C19H28N2O3. The highest BCUT2D eigenvalue weighted by Gasteiger charge is 2.21. The van der Waals surface area contributed by atoms with Crippen molar-refractivity contribution in [2.24, 2.45) is 0 Å². The number of esters is 1. The Morgan fingerprint density at radius 2 is 2.04 bits per heavy atom. The maximum Gasteiger partial charge on any atom is 0.306 e. The van der Waals surface area contributed by atoms with Gasteiger partial charge >= 0.3 is 5.97 Å². The van der Waals surface area contributed by atoms with Crippen LogP contribution in [0.1, 0.15) is 37.7 Å².